The van der Waals surface area contributed by atoms with Crippen molar-refractivity contribution in [3.05, 3.63) is 0 Å². The lowest BCUT2D eigenvalue weighted by Gasteiger charge is -2.42. The van der Waals surface area contributed by atoms with Gasteiger partial charge in [-0.2, -0.15) is 5.01 Å². The fraction of sp³-hybridized carbons (Fsp3) is 0.750. The molecule has 2 rings (SSSR count). The fourth-order valence-electron chi connectivity index (χ4n) is 3.09. The zero-order chi connectivity index (χ0) is 25.8. The molecule has 0 spiro atoms. The smallest absolute Gasteiger partial charge is 0.364 e. The van der Waals surface area contributed by atoms with E-state index in [0.717, 1.165) is 0 Å². The zero-order valence-corrected chi connectivity index (χ0v) is 18.8. The maximum Gasteiger partial charge on any atom is 0.364 e. The van der Waals surface area contributed by atoms with Crippen molar-refractivity contribution in [1.82, 2.24) is 10.3 Å². The van der Waals surface area contributed by atoms with E-state index < -0.39 is 80.2 Å². The predicted octanol–water partition coefficient (Wildman–Crippen LogP) is -3.27. The Balaban J connectivity index is 2.25. The Labute approximate surface area is 191 Å². The number of nitrogens with one attached hydrogen (secondary N) is 1. The van der Waals surface area contributed by atoms with E-state index >= 15 is 0 Å². The van der Waals surface area contributed by atoms with E-state index in [-0.39, 0.29) is 18.2 Å². The molecule has 0 bridgehead atoms. The molecule has 17 nitrogen and oxygen atoms in total. The molecule has 0 radical (unpaired) electrons. The van der Waals surface area contributed by atoms with Crippen molar-refractivity contribution in [2.24, 2.45) is 10.3 Å². The highest BCUT2D eigenvalue weighted by atomic mass is 31.2. The van der Waals surface area contributed by atoms with Crippen LogP contribution >= 0.6 is 7.60 Å². The van der Waals surface area contributed by atoms with Crippen molar-refractivity contribution in [3.8, 4) is 0 Å². The number of aliphatic carboxylic acids is 1. The van der Waals surface area contributed by atoms with Gasteiger partial charge in [-0.05, 0) is 13.8 Å². The molecule has 0 aromatic rings. The summed E-state index contributed by atoms with van der Waals surface area (Å²) in [5.74, 6) is -8.57. The second-order valence-corrected chi connectivity index (χ2v) is 9.08. The number of carboxylic acids is 1. The lowest BCUT2D eigenvalue weighted by Crippen LogP contribution is -2.65. The normalized spacial score (nSPS) is 30.8. The van der Waals surface area contributed by atoms with E-state index in [0.29, 0.717) is 0 Å². The highest BCUT2D eigenvalue weighted by Gasteiger charge is 2.52. The van der Waals surface area contributed by atoms with Gasteiger partial charge >= 0.3 is 19.5 Å². The Morgan fingerprint density at radius 2 is 1.74 bits per heavy atom. The summed E-state index contributed by atoms with van der Waals surface area (Å²) in [6, 6.07) is -2.19. The second-order valence-electron chi connectivity index (χ2n) is 6.97. The number of aliphatic hydroxyl groups excluding tert-OH is 4. The van der Waals surface area contributed by atoms with Crippen molar-refractivity contribution < 1.29 is 63.1 Å². The Morgan fingerprint density at radius 3 is 2.24 bits per heavy atom. The molecule has 2 amide bonds. The van der Waals surface area contributed by atoms with Gasteiger partial charge in [0.05, 0.1) is 19.8 Å². The first kappa shape index (κ1) is 27.9. The molecule has 0 aliphatic carbocycles. The zero-order valence-electron chi connectivity index (χ0n) is 18.0. The third-order valence-corrected chi connectivity index (χ3v) is 6.95. The van der Waals surface area contributed by atoms with Crippen LogP contribution in [0.25, 0.3) is 0 Å². The first-order valence-corrected chi connectivity index (χ1v) is 11.5. The average molecular weight is 512 g/mol. The van der Waals surface area contributed by atoms with Gasteiger partial charge in [-0.25, -0.2) is 4.79 Å². The molecule has 2 aliphatic rings. The van der Waals surface area contributed by atoms with Gasteiger partial charge in [0.15, 0.2) is 6.23 Å². The number of carboxylic acid groups (broad SMARTS) is 1. The molecule has 6 N–H and O–H groups in total. The summed E-state index contributed by atoms with van der Waals surface area (Å²) in [5, 5.41) is 57.1. The van der Waals surface area contributed by atoms with Crippen molar-refractivity contribution in [1.29, 1.82) is 0 Å². The highest BCUT2D eigenvalue weighted by molar-refractivity contribution is 7.55. The van der Waals surface area contributed by atoms with Crippen molar-refractivity contribution >= 4 is 31.2 Å². The standard InChI is InChI=1S/C16H25N4O13P/c1-3-31-34(30,32-4-2)13(16(28)29)17-12(26)7-9(23)14(27)20(19-18-7)15-11(25)10(24)8(22)6(5-21)33-15/h6-8,10-11,13,15,21-22,24-25H,3-5H2,1-2H3,(H,17,26)(H,28,29). The second kappa shape index (κ2) is 11.4. The molecule has 1 saturated heterocycles. The van der Waals surface area contributed by atoms with Gasteiger partial charge in [-0.3, -0.25) is 18.9 Å². The van der Waals surface area contributed by atoms with Crippen LogP contribution in [-0.4, -0.2) is 116 Å². The lowest BCUT2D eigenvalue weighted by molar-refractivity contribution is -0.263. The number of Topliss-reactive ketones (excluding diaryl/α,β-unsaturated/α-hetero) is 1. The van der Waals surface area contributed by atoms with Crippen LogP contribution in [0.5, 0.6) is 0 Å². The number of hydrogen-bond donors (Lipinski definition) is 6. The van der Waals surface area contributed by atoms with Crippen LogP contribution < -0.4 is 5.32 Å². The molecular weight excluding hydrogens is 487 g/mol. The summed E-state index contributed by atoms with van der Waals surface area (Å²) >= 11 is 0. The van der Waals surface area contributed by atoms with E-state index in [9.17, 15) is 49.3 Å². The predicted molar refractivity (Wildman–Crippen MR) is 105 cm³/mol. The molecule has 34 heavy (non-hydrogen) atoms. The van der Waals surface area contributed by atoms with Crippen LogP contribution in [-0.2, 0) is 37.5 Å². The quantitative estimate of drug-likeness (QED) is 0.0955. The topological polar surface area (TPSA) is 254 Å². The minimum Gasteiger partial charge on any atom is -0.479 e. The summed E-state index contributed by atoms with van der Waals surface area (Å²) < 4.78 is 27.7. The largest absolute Gasteiger partial charge is 0.479 e. The summed E-state index contributed by atoms with van der Waals surface area (Å²) in [5.41, 5.74) is 0. The van der Waals surface area contributed by atoms with Crippen LogP contribution in [0, 0.1) is 0 Å². The maximum atomic E-state index is 12.8. The lowest BCUT2D eigenvalue weighted by atomic mass is 9.98. The summed E-state index contributed by atoms with van der Waals surface area (Å²) in [7, 11) is -4.43. The molecule has 2 heterocycles. The van der Waals surface area contributed by atoms with Crippen LogP contribution in [0.3, 0.4) is 0 Å². The Hall–Kier alpha value is -2.37. The van der Waals surface area contributed by atoms with E-state index in [1.807, 2.05) is 0 Å². The molecule has 7 atom stereocenters. The Morgan fingerprint density at radius 1 is 1.15 bits per heavy atom. The number of ketones is 1. The first-order valence-electron chi connectivity index (χ1n) is 9.94. The molecule has 18 heteroatoms. The number of hydrogen-bond acceptors (Lipinski definition) is 14. The van der Waals surface area contributed by atoms with E-state index in [1.54, 1.807) is 5.32 Å². The van der Waals surface area contributed by atoms with Crippen LogP contribution in [0.4, 0.5) is 0 Å². The number of aliphatic hydroxyl groups is 4. The van der Waals surface area contributed by atoms with Crippen LogP contribution in [0.1, 0.15) is 13.8 Å². The fourth-order valence-corrected chi connectivity index (χ4v) is 4.74. The number of amides is 2. The summed E-state index contributed by atoms with van der Waals surface area (Å²) in [6.45, 7) is 1.52. The van der Waals surface area contributed by atoms with Gasteiger partial charge in [-0.15, -0.1) is 5.11 Å². The Kier molecular flexibility index (Phi) is 9.32. The van der Waals surface area contributed by atoms with Crippen molar-refractivity contribution in [3.63, 3.8) is 0 Å². The van der Waals surface area contributed by atoms with Crippen molar-refractivity contribution in [2.45, 2.75) is 56.3 Å². The van der Waals surface area contributed by atoms with E-state index in [2.05, 4.69) is 10.3 Å². The minimum atomic E-state index is -4.43. The van der Waals surface area contributed by atoms with E-state index in [1.165, 1.54) is 13.8 Å². The molecule has 0 aromatic heterocycles. The molecule has 192 valence electrons. The number of rotatable bonds is 10. The molecular formula is C16H25N4O13P. The van der Waals surface area contributed by atoms with Gasteiger partial charge in [0.2, 0.25) is 11.8 Å². The number of ether oxygens (including phenoxy) is 1. The third kappa shape index (κ3) is 5.47. The number of carbonyl (C=O) groups excluding carboxylic acids is 3. The summed E-state index contributed by atoms with van der Waals surface area (Å²) in [6.07, 6.45) is -8.90. The molecule has 1 fully saturated rings. The van der Waals surface area contributed by atoms with Gasteiger partial charge in [0.1, 0.15) is 24.4 Å². The SMILES string of the molecule is CCOP(=O)(OCC)C(NC(=O)C1N=NN(C2OC(CO)C(O)C(O)C2O)C(=O)C1=O)C(=O)O. The van der Waals surface area contributed by atoms with Crippen LogP contribution in [0.15, 0.2) is 10.3 Å². The van der Waals surface area contributed by atoms with Gasteiger partial charge in [0.25, 0.3) is 11.7 Å². The van der Waals surface area contributed by atoms with Gasteiger partial charge in [-0.1, -0.05) is 5.22 Å². The third-order valence-electron chi connectivity index (χ3n) is 4.73. The van der Waals surface area contributed by atoms with Crippen LogP contribution in [0.2, 0.25) is 0 Å². The molecule has 0 aromatic carbocycles. The summed E-state index contributed by atoms with van der Waals surface area (Å²) in [4.78, 5) is 49.1. The molecule has 0 saturated carbocycles. The van der Waals surface area contributed by atoms with Crippen molar-refractivity contribution in [2.75, 3.05) is 19.8 Å². The number of carbonyl (C=O) groups is 4. The van der Waals surface area contributed by atoms with E-state index in [4.69, 9.17) is 13.8 Å². The highest BCUT2D eigenvalue weighted by Crippen LogP contribution is 2.52. The Bertz CT molecular complexity index is 873. The van der Waals surface area contributed by atoms with Gasteiger partial charge in [0, 0.05) is 0 Å². The monoisotopic (exact) mass is 512 g/mol. The number of nitrogens with zero attached hydrogens (tertiary/aromatic N) is 3. The minimum absolute atomic E-state index is 0.203. The molecule has 7 unspecified atom stereocenters. The maximum absolute atomic E-state index is 12.8. The average Bonchev–Trinajstić information content (AvgIpc) is 2.78. The first-order chi connectivity index (χ1) is 15.9. The molecule has 2 aliphatic heterocycles. The van der Waals surface area contributed by atoms with Gasteiger partial charge < -0.3 is 44.6 Å².